The summed E-state index contributed by atoms with van der Waals surface area (Å²) in [5.41, 5.74) is 4.88. The molecule has 0 spiro atoms. The van der Waals surface area contributed by atoms with Crippen LogP contribution in [0.1, 0.15) is 26.2 Å². The van der Waals surface area contributed by atoms with E-state index in [0.717, 1.165) is 19.3 Å². The second-order valence-corrected chi connectivity index (χ2v) is 3.10. The first-order valence-electron chi connectivity index (χ1n) is 3.61. The van der Waals surface area contributed by atoms with Gasteiger partial charge in [0.2, 0.25) is 0 Å². The van der Waals surface area contributed by atoms with Crippen molar-refractivity contribution >= 4 is 0 Å². The third-order valence-electron chi connectivity index (χ3n) is 2.52. The topological polar surface area (TPSA) is 46.2 Å². The molecule has 0 radical (unpaired) electrons. The Hall–Kier alpha value is -0.0800. The third-order valence-corrected chi connectivity index (χ3v) is 2.52. The van der Waals surface area contributed by atoms with Crippen LogP contribution in [0.4, 0.5) is 0 Å². The van der Waals surface area contributed by atoms with E-state index in [1.54, 1.807) is 0 Å². The molecule has 54 valence electrons. The van der Waals surface area contributed by atoms with Gasteiger partial charge in [0.05, 0.1) is 5.60 Å². The van der Waals surface area contributed by atoms with E-state index >= 15 is 0 Å². The maximum Gasteiger partial charge on any atom is 0.0794 e. The van der Waals surface area contributed by atoms with E-state index in [2.05, 4.69) is 6.92 Å². The minimum absolute atomic E-state index is 0.405. The summed E-state index contributed by atoms with van der Waals surface area (Å²) in [6.45, 7) is 2.49. The highest BCUT2D eigenvalue weighted by molar-refractivity contribution is 4.90. The van der Waals surface area contributed by atoms with Crippen molar-refractivity contribution in [3.8, 4) is 0 Å². The average Bonchev–Trinajstić information content (AvgIpc) is 2.15. The number of hydrogen-bond donors (Lipinski definition) is 2. The van der Waals surface area contributed by atoms with Gasteiger partial charge >= 0.3 is 0 Å². The van der Waals surface area contributed by atoms with Gasteiger partial charge < -0.3 is 10.8 Å². The van der Waals surface area contributed by atoms with Crippen LogP contribution in [-0.2, 0) is 0 Å². The van der Waals surface area contributed by atoms with E-state index in [0.29, 0.717) is 12.5 Å². The molecule has 3 N–H and O–H groups in total. The maximum absolute atomic E-state index is 9.64. The van der Waals surface area contributed by atoms with Gasteiger partial charge in [-0.05, 0) is 18.8 Å². The van der Waals surface area contributed by atoms with Gasteiger partial charge in [-0.3, -0.25) is 0 Å². The molecular formula is C7H15NO. The van der Waals surface area contributed by atoms with Crippen LogP contribution in [-0.4, -0.2) is 17.3 Å². The number of nitrogens with two attached hydrogens (primary N) is 1. The zero-order valence-corrected chi connectivity index (χ0v) is 5.93. The molecule has 0 aromatic carbocycles. The van der Waals surface area contributed by atoms with Gasteiger partial charge in [-0.1, -0.05) is 13.3 Å². The van der Waals surface area contributed by atoms with Crippen molar-refractivity contribution in [2.24, 2.45) is 11.7 Å². The molecule has 0 unspecified atom stereocenters. The van der Waals surface area contributed by atoms with Crippen molar-refractivity contribution in [3.05, 3.63) is 0 Å². The fourth-order valence-electron chi connectivity index (χ4n) is 1.53. The van der Waals surface area contributed by atoms with Crippen LogP contribution >= 0.6 is 0 Å². The molecule has 1 saturated carbocycles. The van der Waals surface area contributed by atoms with Crippen LogP contribution < -0.4 is 5.73 Å². The van der Waals surface area contributed by atoms with Gasteiger partial charge in [0.25, 0.3) is 0 Å². The number of aliphatic hydroxyl groups is 1. The smallest absolute Gasteiger partial charge is 0.0794 e. The number of rotatable bonds is 1. The Bertz CT molecular complexity index is 105. The van der Waals surface area contributed by atoms with Crippen LogP contribution in [0.15, 0.2) is 0 Å². The quantitative estimate of drug-likeness (QED) is 0.541. The molecule has 0 aromatic heterocycles. The van der Waals surface area contributed by atoms with Crippen molar-refractivity contribution in [1.29, 1.82) is 0 Å². The summed E-state index contributed by atoms with van der Waals surface area (Å²) in [6, 6.07) is 0. The molecule has 2 heteroatoms. The van der Waals surface area contributed by atoms with Crippen LogP contribution in [0.5, 0.6) is 0 Å². The molecule has 1 rings (SSSR count). The summed E-state index contributed by atoms with van der Waals surface area (Å²) >= 11 is 0. The molecule has 1 aliphatic rings. The highest BCUT2D eigenvalue weighted by Crippen LogP contribution is 2.33. The maximum atomic E-state index is 9.64. The third kappa shape index (κ3) is 1.10. The standard InChI is InChI=1S/C7H15NO/c1-6-3-2-4-7(6,9)5-8/h6,9H,2-5,8H2,1H3/t6-,7+/m0/s1. The summed E-state index contributed by atoms with van der Waals surface area (Å²) in [7, 11) is 0. The summed E-state index contributed by atoms with van der Waals surface area (Å²) < 4.78 is 0. The Labute approximate surface area is 56.1 Å². The second-order valence-electron chi connectivity index (χ2n) is 3.10. The van der Waals surface area contributed by atoms with E-state index in [9.17, 15) is 5.11 Å². The summed E-state index contributed by atoms with van der Waals surface area (Å²) in [5.74, 6) is 0.405. The first kappa shape index (κ1) is 7.03. The van der Waals surface area contributed by atoms with Gasteiger partial charge in [0, 0.05) is 6.54 Å². The van der Waals surface area contributed by atoms with E-state index < -0.39 is 5.60 Å². The van der Waals surface area contributed by atoms with Crippen molar-refractivity contribution in [3.63, 3.8) is 0 Å². The first-order valence-corrected chi connectivity index (χ1v) is 3.61. The molecular weight excluding hydrogens is 114 g/mol. The highest BCUT2D eigenvalue weighted by atomic mass is 16.3. The summed E-state index contributed by atoms with van der Waals surface area (Å²) in [5, 5.41) is 9.64. The Morgan fingerprint density at radius 2 is 2.44 bits per heavy atom. The van der Waals surface area contributed by atoms with E-state index in [4.69, 9.17) is 5.73 Å². The van der Waals surface area contributed by atoms with Crippen LogP contribution in [0.25, 0.3) is 0 Å². The molecule has 0 saturated heterocycles. The van der Waals surface area contributed by atoms with E-state index in [1.807, 2.05) is 0 Å². The van der Waals surface area contributed by atoms with E-state index in [1.165, 1.54) is 0 Å². The lowest BCUT2D eigenvalue weighted by Gasteiger charge is -2.25. The Morgan fingerprint density at radius 1 is 1.78 bits per heavy atom. The summed E-state index contributed by atoms with van der Waals surface area (Å²) in [6.07, 6.45) is 3.16. The highest BCUT2D eigenvalue weighted by Gasteiger charge is 2.36. The zero-order valence-electron chi connectivity index (χ0n) is 5.93. The first-order chi connectivity index (χ1) is 4.19. The molecule has 0 bridgehead atoms. The molecule has 0 aliphatic heterocycles. The van der Waals surface area contributed by atoms with Crippen molar-refractivity contribution in [1.82, 2.24) is 0 Å². The molecule has 9 heavy (non-hydrogen) atoms. The molecule has 2 nitrogen and oxygen atoms in total. The molecule has 0 heterocycles. The van der Waals surface area contributed by atoms with Gasteiger partial charge in [0.15, 0.2) is 0 Å². The fourth-order valence-corrected chi connectivity index (χ4v) is 1.53. The van der Waals surface area contributed by atoms with Gasteiger partial charge in [0.1, 0.15) is 0 Å². The summed E-state index contributed by atoms with van der Waals surface area (Å²) in [4.78, 5) is 0. The monoisotopic (exact) mass is 129 g/mol. The predicted octanol–water partition coefficient (Wildman–Crippen LogP) is 0.496. The minimum Gasteiger partial charge on any atom is -0.388 e. The molecule has 0 aromatic rings. The second kappa shape index (κ2) is 2.27. The lowest BCUT2D eigenvalue weighted by molar-refractivity contribution is 0.0182. The Morgan fingerprint density at radius 3 is 2.67 bits per heavy atom. The van der Waals surface area contributed by atoms with Gasteiger partial charge in [-0.15, -0.1) is 0 Å². The fraction of sp³-hybridized carbons (Fsp3) is 1.00. The Kier molecular flexibility index (Phi) is 1.78. The Balaban J connectivity index is 2.56. The van der Waals surface area contributed by atoms with Crippen LogP contribution in [0.2, 0.25) is 0 Å². The molecule has 1 fully saturated rings. The minimum atomic E-state index is -0.528. The van der Waals surface area contributed by atoms with Gasteiger partial charge in [-0.25, -0.2) is 0 Å². The van der Waals surface area contributed by atoms with Crippen LogP contribution in [0, 0.1) is 5.92 Å². The molecule has 1 aliphatic carbocycles. The lowest BCUT2D eigenvalue weighted by atomic mass is 9.93. The van der Waals surface area contributed by atoms with Gasteiger partial charge in [-0.2, -0.15) is 0 Å². The largest absolute Gasteiger partial charge is 0.388 e. The average molecular weight is 129 g/mol. The van der Waals surface area contributed by atoms with E-state index in [-0.39, 0.29) is 0 Å². The van der Waals surface area contributed by atoms with Crippen molar-refractivity contribution in [2.75, 3.05) is 6.54 Å². The van der Waals surface area contributed by atoms with Crippen LogP contribution in [0.3, 0.4) is 0 Å². The molecule has 2 atom stereocenters. The lowest BCUT2D eigenvalue weighted by Crippen LogP contribution is -2.39. The zero-order chi connectivity index (χ0) is 6.91. The van der Waals surface area contributed by atoms with Crippen molar-refractivity contribution < 1.29 is 5.11 Å². The van der Waals surface area contributed by atoms with Crippen molar-refractivity contribution in [2.45, 2.75) is 31.8 Å². The number of hydrogen-bond acceptors (Lipinski definition) is 2. The predicted molar refractivity (Wildman–Crippen MR) is 37.0 cm³/mol. The normalized spacial score (nSPS) is 43.7. The molecule has 0 amide bonds. The SMILES string of the molecule is C[C@H]1CCC[C@@]1(O)CN.